The summed E-state index contributed by atoms with van der Waals surface area (Å²) in [5, 5.41) is 3.76. The number of hydrogen-bond acceptors (Lipinski definition) is 4. The van der Waals surface area contributed by atoms with Gasteiger partial charge >= 0.3 is 0 Å². The summed E-state index contributed by atoms with van der Waals surface area (Å²) >= 11 is 1.60. The van der Waals surface area contributed by atoms with Crippen LogP contribution in [0, 0.1) is 5.92 Å². The maximum absolute atomic E-state index is 11.5. The summed E-state index contributed by atoms with van der Waals surface area (Å²) in [7, 11) is 0. The average molecular weight is 286 g/mol. The van der Waals surface area contributed by atoms with Gasteiger partial charge in [0.15, 0.2) is 0 Å². The number of rotatable bonds is 4. The quantitative estimate of drug-likeness (QED) is 0.902. The molecule has 0 saturated carbocycles. The molecule has 1 aromatic heterocycles. The first-order valence-corrected chi connectivity index (χ1v) is 6.34. The molecule has 1 atom stereocenters. The number of aromatic nitrogens is 1. The van der Waals surface area contributed by atoms with Crippen LogP contribution in [0.3, 0.4) is 0 Å². The first kappa shape index (κ1) is 14.9. The number of halogens is 1. The number of para-hydroxylation sites is 1. The summed E-state index contributed by atoms with van der Waals surface area (Å²) in [5.41, 5.74) is 6.41. The molecule has 1 heterocycles. The van der Waals surface area contributed by atoms with E-state index in [4.69, 9.17) is 5.73 Å². The van der Waals surface area contributed by atoms with E-state index in [1.165, 1.54) is 0 Å². The number of carbonyl (C=O) groups is 1. The number of thiazole rings is 1. The van der Waals surface area contributed by atoms with E-state index in [2.05, 4.69) is 10.3 Å². The summed E-state index contributed by atoms with van der Waals surface area (Å²) in [6, 6.07) is 7.95. The molecule has 0 aliphatic carbocycles. The summed E-state index contributed by atoms with van der Waals surface area (Å²) < 4.78 is 1.14. The molecular formula is C12H16ClN3OS. The fraction of sp³-hybridized carbons (Fsp3) is 0.333. The van der Waals surface area contributed by atoms with Gasteiger partial charge in [-0.1, -0.05) is 19.1 Å². The van der Waals surface area contributed by atoms with E-state index < -0.39 is 0 Å². The SMILES string of the molecule is CC(CN)C(=O)NCc1nc2ccccc2s1.Cl. The Balaban J connectivity index is 0.00000162. The molecule has 0 aliphatic rings. The van der Waals surface area contributed by atoms with Crippen LogP contribution in [-0.4, -0.2) is 17.4 Å². The van der Waals surface area contributed by atoms with Crippen molar-refractivity contribution in [1.82, 2.24) is 10.3 Å². The zero-order valence-corrected chi connectivity index (χ0v) is 11.7. The van der Waals surface area contributed by atoms with Crippen LogP contribution in [0.5, 0.6) is 0 Å². The molecule has 0 fully saturated rings. The first-order chi connectivity index (χ1) is 8.20. The van der Waals surface area contributed by atoms with Crippen LogP contribution in [0.25, 0.3) is 10.2 Å². The van der Waals surface area contributed by atoms with E-state index in [0.717, 1.165) is 15.2 Å². The van der Waals surface area contributed by atoms with Gasteiger partial charge in [-0.3, -0.25) is 4.79 Å². The van der Waals surface area contributed by atoms with Crippen molar-refractivity contribution in [2.45, 2.75) is 13.5 Å². The molecule has 1 amide bonds. The van der Waals surface area contributed by atoms with E-state index >= 15 is 0 Å². The van der Waals surface area contributed by atoms with Crippen LogP contribution in [0.4, 0.5) is 0 Å². The van der Waals surface area contributed by atoms with E-state index in [1.807, 2.05) is 31.2 Å². The molecule has 0 saturated heterocycles. The van der Waals surface area contributed by atoms with Crippen LogP contribution in [0.2, 0.25) is 0 Å². The minimum Gasteiger partial charge on any atom is -0.349 e. The third kappa shape index (κ3) is 3.41. The smallest absolute Gasteiger partial charge is 0.224 e. The van der Waals surface area contributed by atoms with Gasteiger partial charge in [0, 0.05) is 12.5 Å². The molecule has 2 aromatic rings. The Hall–Kier alpha value is -1.17. The monoisotopic (exact) mass is 285 g/mol. The average Bonchev–Trinajstić information content (AvgIpc) is 2.77. The van der Waals surface area contributed by atoms with Crippen molar-refractivity contribution < 1.29 is 4.79 Å². The number of hydrogen-bond donors (Lipinski definition) is 2. The fourth-order valence-electron chi connectivity index (χ4n) is 1.44. The Morgan fingerprint density at radius 3 is 2.89 bits per heavy atom. The Morgan fingerprint density at radius 1 is 1.50 bits per heavy atom. The minimum absolute atomic E-state index is 0. The van der Waals surface area contributed by atoms with Crippen LogP contribution in [-0.2, 0) is 11.3 Å². The lowest BCUT2D eigenvalue weighted by atomic mass is 10.2. The number of nitrogens with two attached hydrogens (primary N) is 1. The van der Waals surface area contributed by atoms with Gasteiger partial charge in [-0.2, -0.15) is 0 Å². The number of fused-ring (bicyclic) bond motifs is 1. The van der Waals surface area contributed by atoms with Gasteiger partial charge < -0.3 is 11.1 Å². The van der Waals surface area contributed by atoms with E-state index in [-0.39, 0.29) is 24.2 Å². The number of amides is 1. The molecule has 1 aromatic carbocycles. The van der Waals surface area contributed by atoms with Gasteiger partial charge in [0.25, 0.3) is 0 Å². The number of carbonyl (C=O) groups excluding carboxylic acids is 1. The second kappa shape index (κ2) is 6.68. The topological polar surface area (TPSA) is 68.0 Å². The molecule has 1 unspecified atom stereocenters. The molecule has 6 heteroatoms. The van der Waals surface area contributed by atoms with Crippen molar-refractivity contribution in [3.8, 4) is 0 Å². The molecule has 0 aliphatic heterocycles. The molecule has 3 N–H and O–H groups in total. The van der Waals surface area contributed by atoms with Gasteiger partial charge in [0.2, 0.25) is 5.91 Å². The predicted octanol–water partition coefficient (Wildman–Crippen LogP) is 1.93. The molecule has 4 nitrogen and oxygen atoms in total. The zero-order chi connectivity index (χ0) is 12.3. The van der Waals surface area contributed by atoms with E-state index in [0.29, 0.717) is 13.1 Å². The Labute approximate surface area is 116 Å². The van der Waals surface area contributed by atoms with E-state index in [1.54, 1.807) is 11.3 Å². The van der Waals surface area contributed by atoms with E-state index in [9.17, 15) is 4.79 Å². The zero-order valence-electron chi connectivity index (χ0n) is 10.1. The maximum atomic E-state index is 11.5. The van der Waals surface area contributed by atoms with Crippen LogP contribution < -0.4 is 11.1 Å². The van der Waals surface area contributed by atoms with Crippen molar-refractivity contribution in [3.63, 3.8) is 0 Å². The van der Waals surface area contributed by atoms with Gasteiger partial charge in [-0.25, -0.2) is 4.98 Å². The summed E-state index contributed by atoms with van der Waals surface area (Å²) in [6.45, 7) is 2.65. The van der Waals surface area contributed by atoms with Crippen molar-refractivity contribution in [2.75, 3.05) is 6.54 Å². The molecule has 0 spiro atoms. The molecule has 0 bridgehead atoms. The maximum Gasteiger partial charge on any atom is 0.224 e. The van der Waals surface area contributed by atoms with Gasteiger partial charge in [0.1, 0.15) is 5.01 Å². The number of nitrogens with one attached hydrogen (secondary N) is 1. The molecule has 18 heavy (non-hydrogen) atoms. The van der Waals surface area contributed by atoms with Gasteiger partial charge in [-0.15, -0.1) is 23.7 Å². The number of nitrogens with zero attached hydrogens (tertiary/aromatic N) is 1. The second-order valence-electron chi connectivity index (χ2n) is 3.93. The van der Waals surface area contributed by atoms with Crippen LogP contribution in [0.1, 0.15) is 11.9 Å². The highest BCUT2D eigenvalue weighted by Crippen LogP contribution is 2.21. The van der Waals surface area contributed by atoms with Crippen molar-refractivity contribution in [1.29, 1.82) is 0 Å². The highest BCUT2D eigenvalue weighted by atomic mass is 35.5. The van der Waals surface area contributed by atoms with Crippen molar-refractivity contribution >= 4 is 39.9 Å². The molecule has 0 radical (unpaired) electrons. The third-order valence-corrected chi connectivity index (χ3v) is 3.59. The van der Waals surface area contributed by atoms with Gasteiger partial charge in [-0.05, 0) is 12.1 Å². The highest BCUT2D eigenvalue weighted by Gasteiger charge is 2.11. The highest BCUT2D eigenvalue weighted by molar-refractivity contribution is 7.18. The molecule has 98 valence electrons. The molecule has 2 rings (SSSR count). The standard InChI is InChI=1S/C12H15N3OS.ClH/c1-8(6-13)12(16)14-7-11-15-9-4-2-3-5-10(9)17-11;/h2-5,8H,6-7,13H2,1H3,(H,14,16);1H. The van der Waals surface area contributed by atoms with Gasteiger partial charge in [0.05, 0.1) is 16.8 Å². The largest absolute Gasteiger partial charge is 0.349 e. The summed E-state index contributed by atoms with van der Waals surface area (Å²) in [4.78, 5) is 16.0. The summed E-state index contributed by atoms with van der Waals surface area (Å²) in [5.74, 6) is -0.170. The normalized spacial score (nSPS) is 11.9. The lowest BCUT2D eigenvalue weighted by Crippen LogP contribution is -2.32. The Morgan fingerprint density at radius 2 is 2.22 bits per heavy atom. The lowest BCUT2D eigenvalue weighted by molar-refractivity contribution is -0.124. The fourth-order valence-corrected chi connectivity index (χ4v) is 2.35. The summed E-state index contributed by atoms with van der Waals surface area (Å²) in [6.07, 6.45) is 0. The lowest BCUT2D eigenvalue weighted by Gasteiger charge is -2.07. The number of benzene rings is 1. The predicted molar refractivity (Wildman–Crippen MR) is 76.9 cm³/mol. The van der Waals surface area contributed by atoms with Crippen LogP contribution in [0.15, 0.2) is 24.3 Å². The first-order valence-electron chi connectivity index (χ1n) is 5.53. The second-order valence-corrected chi connectivity index (χ2v) is 5.05. The Bertz CT molecular complexity index is 496. The third-order valence-electron chi connectivity index (χ3n) is 2.55. The van der Waals surface area contributed by atoms with Crippen LogP contribution >= 0.6 is 23.7 Å². The Kier molecular flexibility index (Phi) is 5.53. The van der Waals surface area contributed by atoms with Crippen molar-refractivity contribution in [2.24, 2.45) is 11.7 Å². The van der Waals surface area contributed by atoms with Crippen molar-refractivity contribution in [3.05, 3.63) is 29.3 Å². The molecular weight excluding hydrogens is 270 g/mol. The minimum atomic E-state index is -0.149.